The lowest BCUT2D eigenvalue weighted by Gasteiger charge is -2.10. The van der Waals surface area contributed by atoms with E-state index in [1.54, 1.807) is 36.4 Å². The molecule has 0 aliphatic heterocycles. The van der Waals surface area contributed by atoms with Crippen LogP contribution in [0.2, 0.25) is 5.02 Å². The summed E-state index contributed by atoms with van der Waals surface area (Å²) >= 11 is 9.18. The van der Waals surface area contributed by atoms with Crippen molar-refractivity contribution in [1.82, 2.24) is 0 Å². The van der Waals surface area contributed by atoms with Gasteiger partial charge in [0.1, 0.15) is 30.5 Å². The Labute approximate surface area is 192 Å². The molecule has 160 valence electrons. The standard InChI is InChI=1S/C23H18BrClO6/c24-20-14-17(25)9-10-21(20)30-15-22(26)31-19-8-4-5-16(13-19)23(27)29-12-11-28-18-6-2-1-3-7-18/h1-10,13-14H,11-12,15H2. The molecule has 31 heavy (non-hydrogen) atoms. The molecule has 8 heteroatoms. The second-order valence-corrected chi connectivity index (χ2v) is 7.45. The van der Waals surface area contributed by atoms with E-state index >= 15 is 0 Å². The van der Waals surface area contributed by atoms with Crippen molar-refractivity contribution in [3.8, 4) is 17.2 Å². The van der Waals surface area contributed by atoms with Crippen LogP contribution in [0.1, 0.15) is 10.4 Å². The first kappa shape index (κ1) is 22.7. The smallest absolute Gasteiger partial charge is 0.349 e. The lowest BCUT2D eigenvalue weighted by atomic mass is 10.2. The maximum atomic E-state index is 12.2. The fourth-order valence-electron chi connectivity index (χ4n) is 2.47. The molecule has 0 aromatic heterocycles. The predicted molar refractivity (Wildman–Crippen MR) is 119 cm³/mol. The van der Waals surface area contributed by atoms with Crippen molar-refractivity contribution in [1.29, 1.82) is 0 Å². The van der Waals surface area contributed by atoms with Crippen LogP contribution < -0.4 is 14.2 Å². The van der Waals surface area contributed by atoms with E-state index in [4.69, 9.17) is 30.5 Å². The summed E-state index contributed by atoms with van der Waals surface area (Å²) in [7, 11) is 0. The lowest BCUT2D eigenvalue weighted by Crippen LogP contribution is -2.18. The summed E-state index contributed by atoms with van der Waals surface area (Å²) in [5.41, 5.74) is 0.256. The molecule has 0 amide bonds. The van der Waals surface area contributed by atoms with Crippen LogP contribution in [-0.2, 0) is 9.53 Å². The zero-order chi connectivity index (χ0) is 22.1. The van der Waals surface area contributed by atoms with Crippen molar-refractivity contribution in [2.75, 3.05) is 19.8 Å². The number of carbonyl (C=O) groups excluding carboxylic acids is 2. The number of hydrogen-bond acceptors (Lipinski definition) is 6. The van der Waals surface area contributed by atoms with E-state index in [2.05, 4.69) is 15.9 Å². The fraction of sp³-hybridized carbons (Fsp3) is 0.130. The summed E-state index contributed by atoms with van der Waals surface area (Å²) in [5, 5.41) is 0.539. The molecule has 3 aromatic carbocycles. The maximum absolute atomic E-state index is 12.2. The Morgan fingerprint density at radius 2 is 1.61 bits per heavy atom. The molecule has 0 radical (unpaired) electrons. The molecule has 0 N–H and O–H groups in total. The minimum atomic E-state index is -0.622. The lowest BCUT2D eigenvalue weighted by molar-refractivity contribution is -0.136. The highest BCUT2D eigenvalue weighted by Gasteiger charge is 2.12. The highest BCUT2D eigenvalue weighted by atomic mass is 79.9. The molecule has 0 aliphatic rings. The van der Waals surface area contributed by atoms with E-state index in [1.165, 1.54) is 6.07 Å². The van der Waals surface area contributed by atoms with Gasteiger partial charge in [-0.15, -0.1) is 0 Å². The normalized spacial score (nSPS) is 10.3. The van der Waals surface area contributed by atoms with E-state index in [-0.39, 0.29) is 31.1 Å². The molecule has 3 aromatic rings. The SMILES string of the molecule is O=C(COc1ccc(Cl)cc1Br)Oc1cccc(C(=O)OCCOc2ccccc2)c1. The second-order valence-electron chi connectivity index (χ2n) is 6.16. The molecule has 0 unspecified atom stereocenters. The van der Waals surface area contributed by atoms with Gasteiger partial charge in [0, 0.05) is 5.02 Å². The molecule has 0 saturated carbocycles. The quantitative estimate of drug-likeness (QED) is 0.223. The number of para-hydroxylation sites is 1. The van der Waals surface area contributed by atoms with Crippen LogP contribution in [0.25, 0.3) is 0 Å². The molecule has 0 fully saturated rings. The van der Waals surface area contributed by atoms with Gasteiger partial charge in [-0.05, 0) is 64.5 Å². The Balaban J connectivity index is 1.46. The third-order valence-corrected chi connectivity index (χ3v) is 4.72. The second kappa shape index (κ2) is 11.4. The zero-order valence-electron chi connectivity index (χ0n) is 16.3. The van der Waals surface area contributed by atoms with Crippen molar-refractivity contribution >= 4 is 39.5 Å². The summed E-state index contributed by atoms with van der Waals surface area (Å²) in [6.07, 6.45) is 0. The number of hydrogen-bond donors (Lipinski definition) is 0. The molecule has 0 spiro atoms. The van der Waals surface area contributed by atoms with E-state index in [0.717, 1.165) is 0 Å². The largest absolute Gasteiger partial charge is 0.490 e. The first-order valence-corrected chi connectivity index (χ1v) is 10.4. The number of esters is 2. The number of rotatable bonds is 9. The van der Waals surface area contributed by atoms with Gasteiger partial charge in [-0.2, -0.15) is 0 Å². The van der Waals surface area contributed by atoms with Crippen molar-refractivity contribution in [2.45, 2.75) is 0 Å². The molecular weight excluding hydrogens is 488 g/mol. The van der Waals surface area contributed by atoms with Crippen LogP contribution in [0.5, 0.6) is 17.2 Å². The highest BCUT2D eigenvalue weighted by Crippen LogP contribution is 2.28. The van der Waals surface area contributed by atoms with Crippen molar-refractivity contribution in [3.05, 3.63) is 87.9 Å². The molecule has 0 bridgehead atoms. The Hall–Kier alpha value is -3.03. The van der Waals surface area contributed by atoms with Gasteiger partial charge in [-0.3, -0.25) is 0 Å². The topological polar surface area (TPSA) is 71.1 Å². The Kier molecular flexibility index (Phi) is 8.32. The van der Waals surface area contributed by atoms with Crippen LogP contribution in [0.3, 0.4) is 0 Å². The van der Waals surface area contributed by atoms with E-state index < -0.39 is 11.9 Å². The molecule has 0 heterocycles. The third kappa shape index (κ3) is 7.31. The zero-order valence-corrected chi connectivity index (χ0v) is 18.6. The predicted octanol–water partition coefficient (Wildman–Crippen LogP) is 5.32. The van der Waals surface area contributed by atoms with Gasteiger partial charge in [0.15, 0.2) is 6.61 Å². The van der Waals surface area contributed by atoms with Gasteiger partial charge in [-0.1, -0.05) is 35.9 Å². The van der Waals surface area contributed by atoms with Gasteiger partial charge in [0.25, 0.3) is 0 Å². The van der Waals surface area contributed by atoms with Gasteiger partial charge in [0.05, 0.1) is 10.0 Å². The monoisotopic (exact) mass is 504 g/mol. The van der Waals surface area contributed by atoms with Crippen molar-refractivity contribution < 1.29 is 28.5 Å². The van der Waals surface area contributed by atoms with Gasteiger partial charge in [-0.25, -0.2) is 9.59 Å². The number of carbonyl (C=O) groups is 2. The van der Waals surface area contributed by atoms with Crippen molar-refractivity contribution in [3.63, 3.8) is 0 Å². The molecule has 0 aliphatic carbocycles. The van der Waals surface area contributed by atoms with E-state index in [1.807, 2.05) is 30.3 Å². The summed E-state index contributed by atoms with van der Waals surface area (Å²) in [6, 6.07) is 20.3. The minimum absolute atomic E-state index is 0.0849. The van der Waals surface area contributed by atoms with Gasteiger partial charge >= 0.3 is 11.9 Å². The Morgan fingerprint density at radius 3 is 2.39 bits per heavy atom. The molecule has 0 saturated heterocycles. The highest BCUT2D eigenvalue weighted by molar-refractivity contribution is 9.10. The van der Waals surface area contributed by atoms with Gasteiger partial charge in [0.2, 0.25) is 0 Å². The number of halogens is 2. The summed E-state index contributed by atoms with van der Waals surface area (Å²) < 4.78 is 21.9. The number of benzene rings is 3. The van der Waals surface area contributed by atoms with E-state index in [9.17, 15) is 9.59 Å². The number of ether oxygens (including phenoxy) is 4. The van der Waals surface area contributed by atoms with Crippen molar-refractivity contribution in [2.24, 2.45) is 0 Å². The van der Waals surface area contributed by atoms with E-state index in [0.29, 0.717) is 21.0 Å². The van der Waals surface area contributed by atoms with Crippen LogP contribution in [0.15, 0.2) is 77.3 Å². The Morgan fingerprint density at radius 1 is 0.839 bits per heavy atom. The van der Waals surface area contributed by atoms with Crippen LogP contribution in [0, 0.1) is 0 Å². The molecule has 0 atom stereocenters. The summed E-state index contributed by atoms with van der Waals surface area (Å²) in [6.45, 7) is -0.00465. The van der Waals surface area contributed by atoms with Crippen LogP contribution in [-0.4, -0.2) is 31.8 Å². The first-order valence-electron chi connectivity index (χ1n) is 9.25. The third-order valence-electron chi connectivity index (χ3n) is 3.87. The molecule has 6 nitrogen and oxygen atoms in total. The minimum Gasteiger partial charge on any atom is -0.490 e. The Bertz CT molecular complexity index is 1040. The summed E-state index contributed by atoms with van der Waals surface area (Å²) in [5.74, 6) is 0.190. The summed E-state index contributed by atoms with van der Waals surface area (Å²) in [4.78, 5) is 24.3. The molecule has 3 rings (SSSR count). The molecular formula is C23H18BrClO6. The first-order chi connectivity index (χ1) is 15.0. The van der Waals surface area contributed by atoms with Crippen LogP contribution in [0.4, 0.5) is 0 Å². The van der Waals surface area contributed by atoms with Crippen LogP contribution >= 0.6 is 27.5 Å². The average molecular weight is 506 g/mol. The maximum Gasteiger partial charge on any atom is 0.349 e. The average Bonchev–Trinajstić information content (AvgIpc) is 2.77. The fourth-order valence-corrected chi connectivity index (χ4v) is 3.27. The van der Waals surface area contributed by atoms with Gasteiger partial charge < -0.3 is 18.9 Å².